The van der Waals surface area contributed by atoms with E-state index < -0.39 is 24.1 Å². The Morgan fingerprint density at radius 3 is 2.29 bits per heavy atom. The molecule has 0 aromatic heterocycles. The molecule has 0 atom stereocenters. The lowest BCUT2D eigenvalue weighted by Gasteiger charge is -2.32. The highest BCUT2D eigenvalue weighted by atomic mass is 19.1. The second-order valence-corrected chi connectivity index (χ2v) is 6.52. The number of rotatable bonds is 4. The summed E-state index contributed by atoms with van der Waals surface area (Å²) in [5.41, 5.74) is 0.292. The summed E-state index contributed by atoms with van der Waals surface area (Å²) in [6.45, 7) is 13.7. The van der Waals surface area contributed by atoms with E-state index in [0.717, 1.165) is 5.57 Å². The van der Waals surface area contributed by atoms with Crippen LogP contribution in [0.25, 0.3) is 0 Å². The topological polar surface area (TPSA) is 27.7 Å². The van der Waals surface area contributed by atoms with E-state index in [2.05, 4.69) is 6.58 Å². The van der Waals surface area contributed by atoms with Crippen LogP contribution in [0.2, 0.25) is 0 Å². The van der Waals surface area contributed by atoms with Crippen molar-refractivity contribution in [1.82, 2.24) is 0 Å². The molecular formula is C16H22BFO3. The molecule has 0 aliphatic carbocycles. The van der Waals surface area contributed by atoms with Gasteiger partial charge in [0.1, 0.15) is 18.2 Å². The first-order chi connectivity index (χ1) is 9.62. The normalized spacial score (nSPS) is 19.6. The summed E-state index contributed by atoms with van der Waals surface area (Å²) < 4.78 is 31.4. The van der Waals surface area contributed by atoms with Crippen molar-refractivity contribution in [3.63, 3.8) is 0 Å². The van der Waals surface area contributed by atoms with E-state index in [-0.39, 0.29) is 0 Å². The molecule has 1 aliphatic rings. The standard InChI is InChI=1S/C16H22BFO3/c1-11(2)10-19-12-7-8-13(14(18)9-12)17-20-15(3,4)16(5,6)21-17/h7-9H,1,10H2,2-6H3. The second kappa shape index (κ2) is 5.46. The number of hydrogen-bond donors (Lipinski definition) is 0. The van der Waals surface area contributed by atoms with E-state index in [1.54, 1.807) is 12.1 Å². The fraction of sp³-hybridized carbons (Fsp3) is 0.500. The number of hydrogen-bond acceptors (Lipinski definition) is 3. The zero-order chi connectivity index (χ0) is 15.8. The van der Waals surface area contributed by atoms with Gasteiger partial charge in [0, 0.05) is 11.5 Å². The van der Waals surface area contributed by atoms with Crippen molar-refractivity contribution in [3.05, 3.63) is 36.2 Å². The van der Waals surface area contributed by atoms with Gasteiger partial charge in [-0.15, -0.1) is 0 Å². The molecule has 0 radical (unpaired) electrons. The van der Waals surface area contributed by atoms with Gasteiger partial charge in [0.25, 0.3) is 0 Å². The predicted molar refractivity (Wildman–Crippen MR) is 82.4 cm³/mol. The van der Waals surface area contributed by atoms with Crippen molar-refractivity contribution < 1.29 is 18.4 Å². The van der Waals surface area contributed by atoms with Crippen molar-refractivity contribution in [2.45, 2.75) is 45.8 Å². The van der Waals surface area contributed by atoms with E-state index in [0.29, 0.717) is 17.8 Å². The molecule has 114 valence electrons. The quantitative estimate of drug-likeness (QED) is 0.630. The Morgan fingerprint density at radius 2 is 1.81 bits per heavy atom. The lowest BCUT2D eigenvalue weighted by molar-refractivity contribution is 0.00578. The van der Waals surface area contributed by atoms with Gasteiger partial charge >= 0.3 is 7.12 Å². The highest BCUT2D eigenvalue weighted by molar-refractivity contribution is 6.62. The molecule has 3 nitrogen and oxygen atoms in total. The SMILES string of the molecule is C=C(C)COc1ccc(B2OC(C)(C)C(C)(C)O2)c(F)c1. The fourth-order valence-electron chi connectivity index (χ4n) is 1.97. The van der Waals surface area contributed by atoms with Crippen LogP contribution in [0.5, 0.6) is 5.75 Å². The van der Waals surface area contributed by atoms with Crippen LogP contribution in [0, 0.1) is 5.82 Å². The van der Waals surface area contributed by atoms with E-state index in [1.807, 2.05) is 34.6 Å². The lowest BCUT2D eigenvalue weighted by atomic mass is 9.78. The van der Waals surface area contributed by atoms with E-state index >= 15 is 0 Å². The Bertz CT molecular complexity index is 538. The van der Waals surface area contributed by atoms with Crippen molar-refractivity contribution in [2.24, 2.45) is 0 Å². The average Bonchev–Trinajstić information content (AvgIpc) is 2.55. The van der Waals surface area contributed by atoms with Gasteiger partial charge in [-0.25, -0.2) is 4.39 Å². The van der Waals surface area contributed by atoms with Crippen molar-refractivity contribution in [1.29, 1.82) is 0 Å². The maximum Gasteiger partial charge on any atom is 0.497 e. The van der Waals surface area contributed by atoms with Crippen LogP contribution in [0.4, 0.5) is 4.39 Å². The minimum Gasteiger partial charge on any atom is -0.489 e. The molecular weight excluding hydrogens is 270 g/mol. The Hall–Kier alpha value is -1.33. The molecule has 2 rings (SSSR count). The smallest absolute Gasteiger partial charge is 0.489 e. The first-order valence-electron chi connectivity index (χ1n) is 7.05. The van der Waals surface area contributed by atoms with E-state index in [9.17, 15) is 4.39 Å². The monoisotopic (exact) mass is 292 g/mol. The first kappa shape index (κ1) is 16.1. The Morgan fingerprint density at radius 1 is 1.24 bits per heavy atom. The molecule has 0 amide bonds. The van der Waals surface area contributed by atoms with Crippen LogP contribution < -0.4 is 10.2 Å². The zero-order valence-corrected chi connectivity index (χ0v) is 13.3. The summed E-state index contributed by atoms with van der Waals surface area (Å²) in [6.07, 6.45) is 0. The fourth-order valence-corrected chi connectivity index (χ4v) is 1.97. The molecule has 0 N–H and O–H groups in total. The Kier molecular flexibility index (Phi) is 4.18. The van der Waals surface area contributed by atoms with Crippen LogP contribution in [-0.2, 0) is 9.31 Å². The third kappa shape index (κ3) is 3.30. The summed E-state index contributed by atoms with van der Waals surface area (Å²) in [5.74, 6) is 0.0727. The van der Waals surface area contributed by atoms with Crippen LogP contribution in [0.1, 0.15) is 34.6 Å². The van der Waals surface area contributed by atoms with Gasteiger partial charge in [-0.05, 0) is 46.3 Å². The maximum absolute atomic E-state index is 14.3. The van der Waals surface area contributed by atoms with E-state index in [4.69, 9.17) is 14.0 Å². The van der Waals surface area contributed by atoms with Crippen molar-refractivity contribution in [2.75, 3.05) is 6.61 Å². The van der Waals surface area contributed by atoms with Gasteiger partial charge in [0.05, 0.1) is 11.2 Å². The Balaban J connectivity index is 2.17. The number of ether oxygens (including phenoxy) is 1. The second-order valence-electron chi connectivity index (χ2n) is 6.52. The molecule has 1 fully saturated rings. The molecule has 0 unspecified atom stereocenters. The van der Waals surface area contributed by atoms with Crippen LogP contribution in [0.15, 0.2) is 30.4 Å². The lowest BCUT2D eigenvalue weighted by Crippen LogP contribution is -2.41. The van der Waals surface area contributed by atoms with Gasteiger partial charge in [-0.1, -0.05) is 12.6 Å². The average molecular weight is 292 g/mol. The summed E-state index contributed by atoms with van der Waals surface area (Å²) in [5, 5.41) is 0. The maximum atomic E-state index is 14.3. The summed E-state index contributed by atoms with van der Waals surface area (Å²) >= 11 is 0. The first-order valence-corrected chi connectivity index (χ1v) is 7.05. The molecule has 0 saturated carbocycles. The minimum absolute atomic E-state index is 0.370. The van der Waals surface area contributed by atoms with Crippen molar-refractivity contribution >= 4 is 12.6 Å². The van der Waals surface area contributed by atoms with Crippen molar-refractivity contribution in [3.8, 4) is 5.75 Å². The highest BCUT2D eigenvalue weighted by Gasteiger charge is 2.52. The molecule has 1 aromatic rings. The van der Waals surface area contributed by atoms with Gasteiger partial charge in [-0.2, -0.15) is 0 Å². The number of benzene rings is 1. The molecule has 1 heterocycles. The van der Waals surface area contributed by atoms with Gasteiger partial charge in [0.15, 0.2) is 0 Å². The molecule has 1 aliphatic heterocycles. The molecule has 1 saturated heterocycles. The summed E-state index contributed by atoms with van der Waals surface area (Å²) in [4.78, 5) is 0. The largest absolute Gasteiger partial charge is 0.497 e. The molecule has 21 heavy (non-hydrogen) atoms. The van der Waals surface area contributed by atoms with Gasteiger partial charge in [-0.3, -0.25) is 0 Å². The third-order valence-corrected chi connectivity index (χ3v) is 3.96. The molecule has 0 spiro atoms. The third-order valence-electron chi connectivity index (χ3n) is 3.96. The van der Waals surface area contributed by atoms with Crippen LogP contribution in [0.3, 0.4) is 0 Å². The highest BCUT2D eigenvalue weighted by Crippen LogP contribution is 2.36. The summed E-state index contributed by atoms with van der Waals surface area (Å²) in [6, 6.07) is 4.71. The van der Waals surface area contributed by atoms with E-state index in [1.165, 1.54) is 6.07 Å². The zero-order valence-electron chi connectivity index (χ0n) is 13.3. The van der Waals surface area contributed by atoms with Crippen LogP contribution >= 0.6 is 0 Å². The minimum atomic E-state index is -0.704. The summed E-state index contributed by atoms with van der Waals surface area (Å²) in [7, 11) is -0.704. The van der Waals surface area contributed by atoms with Gasteiger partial charge < -0.3 is 14.0 Å². The molecule has 0 bridgehead atoms. The van der Waals surface area contributed by atoms with Crippen LogP contribution in [-0.4, -0.2) is 24.9 Å². The van der Waals surface area contributed by atoms with Gasteiger partial charge in [0.2, 0.25) is 0 Å². The molecule has 5 heteroatoms. The number of halogens is 1. The Labute approximate surface area is 126 Å². The molecule has 1 aromatic carbocycles. The predicted octanol–water partition coefficient (Wildman–Crippen LogP) is 3.08.